The number of hydrogen-bond acceptors (Lipinski definition) is 3. The van der Waals surface area contributed by atoms with Crippen LogP contribution in [-0.4, -0.2) is 39.7 Å². The Labute approximate surface area is 123 Å². The van der Waals surface area contributed by atoms with Gasteiger partial charge in [0.15, 0.2) is 5.75 Å². The zero-order valence-corrected chi connectivity index (χ0v) is 12.0. The highest BCUT2D eigenvalue weighted by molar-refractivity contribution is 5.97. The van der Waals surface area contributed by atoms with Crippen molar-refractivity contribution < 1.29 is 19.8 Å². The molecule has 114 valence electrons. The number of carbonyl (C=O) groups is 2. The fraction of sp³-hybridized carbons (Fsp3) is 0.467. The van der Waals surface area contributed by atoms with Gasteiger partial charge in [-0.3, -0.25) is 0 Å². The maximum atomic E-state index is 12.3. The Morgan fingerprint density at radius 1 is 1.38 bits per heavy atom. The van der Waals surface area contributed by atoms with Crippen molar-refractivity contribution in [2.45, 2.75) is 38.6 Å². The second-order valence-electron chi connectivity index (χ2n) is 5.19. The van der Waals surface area contributed by atoms with Crippen LogP contribution in [0, 0.1) is 0 Å². The quantitative estimate of drug-likeness (QED) is 0.747. The van der Waals surface area contributed by atoms with E-state index in [2.05, 4.69) is 5.32 Å². The third kappa shape index (κ3) is 3.26. The zero-order valence-electron chi connectivity index (χ0n) is 12.0. The Morgan fingerprint density at radius 3 is 2.81 bits per heavy atom. The van der Waals surface area contributed by atoms with E-state index in [-0.39, 0.29) is 23.3 Å². The van der Waals surface area contributed by atoms with Crippen molar-refractivity contribution in [3.05, 3.63) is 23.8 Å². The van der Waals surface area contributed by atoms with Crippen LogP contribution in [0.1, 0.15) is 43.0 Å². The smallest absolute Gasteiger partial charge is 0.339 e. The standard InChI is InChI=1S/C15H20N2O4/c1-2-10-6-3-4-9-17(10)15(21)16-12-8-5-7-11(13(12)18)14(19)20/h5,7-8,10,18H,2-4,6,9H2,1H3,(H,16,21)(H,19,20). The normalized spacial score (nSPS) is 18.3. The van der Waals surface area contributed by atoms with Crippen LogP contribution in [-0.2, 0) is 0 Å². The zero-order chi connectivity index (χ0) is 15.4. The maximum absolute atomic E-state index is 12.3. The first-order chi connectivity index (χ1) is 10.0. The summed E-state index contributed by atoms with van der Waals surface area (Å²) in [5.74, 6) is -1.64. The summed E-state index contributed by atoms with van der Waals surface area (Å²) in [6.45, 7) is 2.72. The number of carbonyl (C=O) groups excluding carboxylic acids is 1. The number of carboxylic acid groups (broad SMARTS) is 1. The molecule has 6 heteroatoms. The van der Waals surface area contributed by atoms with Crippen LogP contribution >= 0.6 is 0 Å². The number of anilines is 1. The molecule has 1 saturated heterocycles. The van der Waals surface area contributed by atoms with Gasteiger partial charge in [0.2, 0.25) is 0 Å². The molecule has 3 N–H and O–H groups in total. The number of urea groups is 1. The summed E-state index contributed by atoms with van der Waals surface area (Å²) in [4.78, 5) is 25.1. The van der Waals surface area contributed by atoms with Gasteiger partial charge >= 0.3 is 12.0 Å². The van der Waals surface area contributed by atoms with Crippen LogP contribution in [0.4, 0.5) is 10.5 Å². The van der Waals surface area contributed by atoms with Crippen molar-refractivity contribution in [1.29, 1.82) is 0 Å². The summed E-state index contributed by atoms with van der Waals surface area (Å²) in [5, 5.41) is 21.5. The van der Waals surface area contributed by atoms with Gasteiger partial charge < -0.3 is 20.4 Å². The van der Waals surface area contributed by atoms with Gasteiger partial charge in [0.1, 0.15) is 5.56 Å². The number of likely N-dealkylation sites (tertiary alicyclic amines) is 1. The first-order valence-electron chi connectivity index (χ1n) is 7.17. The fourth-order valence-corrected chi connectivity index (χ4v) is 2.70. The van der Waals surface area contributed by atoms with Crippen LogP contribution in [0.15, 0.2) is 18.2 Å². The predicted molar refractivity (Wildman–Crippen MR) is 78.7 cm³/mol. The summed E-state index contributed by atoms with van der Waals surface area (Å²) >= 11 is 0. The number of phenols is 1. The Kier molecular flexibility index (Phi) is 4.67. The fourth-order valence-electron chi connectivity index (χ4n) is 2.70. The first-order valence-corrected chi connectivity index (χ1v) is 7.17. The van der Waals surface area contributed by atoms with Gasteiger partial charge in [0.25, 0.3) is 0 Å². The average Bonchev–Trinajstić information content (AvgIpc) is 2.48. The Hall–Kier alpha value is -2.24. The third-order valence-corrected chi connectivity index (χ3v) is 3.87. The van der Waals surface area contributed by atoms with Gasteiger partial charge in [-0.25, -0.2) is 9.59 Å². The molecule has 21 heavy (non-hydrogen) atoms. The van der Waals surface area contributed by atoms with Gasteiger partial charge in [-0.05, 0) is 37.8 Å². The van der Waals surface area contributed by atoms with Crippen molar-refractivity contribution in [2.75, 3.05) is 11.9 Å². The number of hydrogen-bond donors (Lipinski definition) is 3. The second-order valence-corrected chi connectivity index (χ2v) is 5.19. The molecule has 1 aliphatic rings. The molecule has 1 heterocycles. The SMILES string of the molecule is CCC1CCCCN1C(=O)Nc1cccc(C(=O)O)c1O. The maximum Gasteiger partial charge on any atom is 0.339 e. The highest BCUT2D eigenvalue weighted by atomic mass is 16.4. The van der Waals surface area contributed by atoms with E-state index in [0.29, 0.717) is 6.54 Å². The van der Waals surface area contributed by atoms with Crippen LogP contribution in [0.5, 0.6) is 5.75 Å². The number of nitrogens with zero attached hydrogens (tertiary/aromatic N) is 1. The molecule has 6 nitrogen and oxygen atoms in total. The van der Waals surface area contributed by atoms with Crippen molar-refractivity contribution >= 4 is 17.7 Å². The van der Waals surface area contributed by atoms with Gasteiger partial charge in [-0.15, -0.1) is 0 Å². The highest BCUT2D eigenvalue weighted by Gasteiger charge is 2.26. The molecule has 1 aromatic rings. The topological polar surface area (TPSA) is 89.9 Å². The number of rotatable bonds is 3. The van der Waals surface area contributed by atoms with Gasteiger partial charge in [-0.1, -0.05) is 13.0 Å². The van der Waals surface area contributed by atoms with Crippen molar-refractivity contribution in [1.82, 2.24) is 4.90 Å². The predicted octanol–water partition coefficient (Wildman–Crippen LogP) is 2.89. The molecule has 1 fully saturated rings. The van der Waals surface area contributed by atoms with Gasteiger partial charge in [-0.2, -0.15) is 0 Å². The van der Waals surface area contributed by atoms with E-state index in [1.807, 2.05) is 6.92 Å². The third-order valence-electron chi connectivity index (χ3n) is 3.87. The van der Waals surface area contributed by atoms with E-state index in [0.717, 1.165) is 25.7 Å². The molecular weight excluding hydrogens is 272 g/mol. The lowest BCUT2D eigenvalue weighted by atomic mass is 10.0. The van der Waals surface area contributed by atoms with E-state index in [1.165, 1.54) is 18.2 Å². The van der Waals surface area contributed by atoms with E-state index in [4.69, 9.17) is 5.11 Å². The lowest BCUT2D eigenvalue weighted by Gasteiger charge is -2.35. The number of para-hydroxylation sites is 1. The summed E-state index contributed by atoms with van der Waals surface area (Å²) in [7, 11) is 0. The largest absolute Gasteiger partial charge is 0.505 e. The number of aromatic hydroxyl groups is 1. The van der Waals surface area contributed by atoms with Crippen molar-refractivity contribution in [3.8, 4) is 5.75 Å². The Morgan fingerprint density at radius 2 is 2.14 bits per heavy atom. The molecule has 1 aliphatic heterocycles. The van der Waals surface area contributed by atoms with Gasteiger partial charge in [0, 0.05) is 12.6 Å². The molecule has 2 amide bonds. The number of nitrogens with one attached hydrogen (secondary N) is 1. The molecule has 2 rings (SSSR count). The molecule has 0 saturated carbocycles. The summed E-state index contributed by atoms with van der Waals surface area (Å²) in [5.41, 5.74) is -0.0983. The minimum atomic E-state index is -1.23. The van der Waals surface area contributed by atoms with Crippen molar-refractivity contribution in [3.63, 3.8) is 0 Å². The number of aromatic carboxylic acids is 1. The molecule has 0 spiro atoms. The van der Waals surface area contributed by atoms with Crippen LogP contribution in [0.25, 0.3) is 0 Å². The van der Waals surface area contributed by atoms with E-state index in [1.54, 1.807) is 4.90 Å². The number of piperidine rings is 1. The minimum absolute atomic E-state index is 0.125. The van der Waals surface area contributed by atoms with Crippen molar-refractivity contribution in [2.24, 2.45) is 0 Å². The molecule has 0 bridgehead atoms. The summed E-state index contributed by atoms with van der Waals surface area (Å²) in [6.07, 6.45) is 3.94. The minimum Gasteiger partial charge on any atom is -0.505 e. The van der Waals surface area contributed by atoms with E-state index in [9.17, 15) is 14.7 Å². The Bertz CT molecular complexity index is 544. The highest BCUT2D eigenvalue weighted by Crippen LogP contribution is 2.28. The molecule has 0 aliphatic carbocycles. The number of carboxylic acids is 1. The van der Waals surface area contributed by atoms with Crippen LogP contribution in [0.2, 0.25) is 0 Å². The van der Waals surface area contributed by atoms with Crippen LogP contribution in [0.3, 0.4) is 0 Å². The lowest BCUT2D eigenvalue weighted by molar-refractivity contribution is 0.0693. The van der Waals surface area contributed by atoms with Crippen LogP contribution < -0.4 is 5.32 Å². The lowest BCUT2D eigenvalue weighted by Crippen LogP contribution is -2.45. The van der Waals surface area contributed by atoms with Gasteiger partial charge in [0.05, 0.1) is 5.69 Å². The molecule has 0 aromatic heterocycles. The van der Waals surface area contributed by atoms with E-state index < -0.39 is 11.7 Å². The Balaban J connectivity index is 2.16. The number of amides is 2. The molecule has 1 atom stereocenters. The molecule has 1 aromatic carbocycles. The molecule has 1 unspecified atom stereocenters. The molecular formula is C15H20N2O4. The van der Waals surface area contributed by atoms with E-state index >= 15 is 0 Å². The molecule has 0 radical (unpaired) electrons. The first kappa shape index (κ1) is 15.2. The summed E-state index contributed by atoms with van der Waals surface area (Å²) in [6, 6.07) is 4.18. The second kappa shape index (κ2) is 6.47. The summed E-state index contributed by atoms with van der Waals surface area (Å²) < 4.78 is 0. The number of benzene rings is 1. The average molecular weight is 292 g/mol. The monoisotopic (exact) mass is 292 g/mol.